The molecule has 1 unspecified atom stereocenters. The number of carboxylic acids is 1. The fraction of sp³-hybridized carbons (Fsp3) is 0.778. The first-order chi connectivity index (χ1) is 6.61. The summed E-state index contributed by atoms with van der Waals surface area (Å²) in [6.07, 6.45) is 3.60. The summed E-state index contributed by atoms with van der Waals surface area (Å²) in [5.41, 5.74) is 0. The van der Waals surface area contributed by atoms with Gasteiger partial charge in [0.1, 0.15) is 6.04 Å². The molecule has 0 rings (SSSR count). The highest BCUT2D eigenvalue weighted by Gasteiger charge is 2.16. The van der Waals surface area contributed by atoms with Crippen molar-refractivity contribution in [2.45, 2.75) is 32.2 Å². The molecule has 0 aromatic heterocycles. The van der Waals surface area contributed by atoms with Gasteiger partial charge in [0.2, 0.25) is 5.91 Å². The second kappa shape index (κ2) is 7.67. The second-order valence-corrected chi connectivity index (χ2v) is 3.95. The van der Waals surface area contributed by atoms with E-state index in [0.29, 0.717) is 12.8 Å². The molecule has 82 valence electrons. The summed E-state index contributed by atoms with van der Waals surface area (Å²) in [7, 11) is 0. The van der Waals surface area contributed by atoms with E-state index in [2.05, 4.69) is 5.32 Å². The predicted octanol–water partition coefficient (Wildman–Crippen LogP) is 1.11. The molecule has 14 heavy (non-hydrogen) atoms. The fourth-order valence-corrected chi connectivity index (χ4v) is 1.41. The van der Waals surface area contributed by atoms with E-state index in [1.807, 2.05) is 6.26 Å². The van der Waals surface area contributed by atoms with Gasteiger partial charge in [-0.1, -0.05) is 6.92 Å². The number of carboxylic acid groups (broad SMARTS) is 1. The van der Waals surface area contributed by atoms with Crippen molar-refractivity contribution in [3.05, 3.63) is 0 Å². The Kier molecular flexibility index (Phi) is 7.28. The summed E-state index contributed by atoms with van der Waals surface area (Å²) in [6.45, 7) is 1.74. The first kappa shape index (κ1) is 13.3. The van der Waals surface area contributed by atoms with Crippen molar-refractivity contribution in [3.63, 3.8) is 0 Å². The van der Waals surface area contributed by atoms with E-state index in [9.17, 15) is 9.59 Å². The van der Waals surface area contributed by atoms with Gasteiger partial charge in [0.05, 0.1) is 0 Å². The molecule has 4 nitrogen and oxygen atoms in total. The van der Waals surface area contributed by atoms with Crippen LogP contribution in [-0.4, -0.2) is 35.0 Å². The topological polar surface area (TPSA) is 66.4 Å². The van der Waals surface area contributed by atoms with Crippen molar-refractivity contribution in [3.8, 4) is 0 Å². The van der Waals surface area contributed by atoms with Gasteiger partial charge in [-0.25, -0.2) is 4.79 Å². The zero-order valence-electron chi connectivity index (χ0n) is 8.58. The SMILES string of the molecule is CCC(NC(=O)CCCSC)C(=O)O. The number of hydrogen-bond acceptors (Lipinski definition) is 3. The normalized spacial score (nSPS) is 12.1. The molecule has 0 heterocycles. The van der Waals surface area contributed by atoms with Crippen molar-refractivity contribution >= 4 is 23.6 Å². The molecule has 0 saturated heterocycles. The van der Waals surface area contributed by atoms with Crippen LogP contribution in [0.15, 0.2) is 0 Å². The summed E-state index contributed by atoms with van der Waals surface area (Å²) in [6, 6.07) is -0.739. The van der Waals surface area contributed by atoms with Gasteiger partial charge < -0.3 is 10.4 Å². The third-order valence-corrected chi connectivity index (χ3v) is 2.49. The van der Waals surface area contributed by atoms with Crippen molar-refractivity contribution in [2.24, 2.45) is 0 Å². The molecule has 0 bridgehead atoms. The summed E-state index contributed by atoms with van der Waals surface area (Å²) >= 11 is 1.68. The fourth-order valence-electron chi connectivity index (χ4n) is 0.982. The monoisotopic (exact) mass is 219 g/mol. The molecule has 0 aliphatic carbocycles. The van der Waals surface area contributed by atoms with Crippen LogP contribution in [0.25, 0.3) is 0 Å². The van der Waals surface area contributed by atoms with E-state index in [1.54, 1.807) is 18.7 Å². The molecule has 0 spiro atoms. The molecule has 0 aromatic rings. The maximum Gasteiger partial charge on any atom is 0.326 e. The number of nitrogens with one attached hydrogen (secondary N) is 1. The Morgan fingerprint density at radius 3 is 2.57 bits per heavy atom. The molecule has 1 amide bonds. The van der Waals surface area contributed by atoms with Gasteiger partial charge in [-0.15, -0.1) is 0 Å². The second-order valence-electron chi connectivity index (χ2n) is 2.96. The molecule has 2 N–H and O–H groups in total. The van der Waals surface area contributed by atoms with E-state index in [0.717, 1.165) is 12.2 Å². The predicted molar refractivity (Wildman–Crippen MR) is 57.5 cm³/mol. The average Bonchev–Trinajstić information content (AvgIpc) is 2.14. The minimum absolute atomic E-state index is 0.173. The van der Waals surface area contributed by atoms with Crippen molar-refractivity contribution in [1.82, 2.24) is 5.32 Å². The lowest BCUT2D eigenvalue weighted by molar-refractivity contribution is -0.141. The van der Waals surface area contributed by atoms with Gasteiger partial charge >= 0.3 is 5.97 Å². The van der Waals surface area contributed by atoms with Gasteiger partial charge in [0.25, 0.3) is 0 Å². The van der Waals surface area contributed by atoms with Crippen LogP contribution in [0.4, 0.5) is 0 Å². The Balaban J connectivity index is 3.74. The summed E-state index contributed by atoms with van der Waals surface area (Å²) in [5.74, 6) is -0.212. The van der Waals surface area contributed by atoms with Crippen LogP contribution in [0.3, 0.4) is 0 Å². The first-order valence-corrected chi connectivity index (χ1v) is 6.02. The van der Waals surface area contributed by atoms with E-state index in [1.165, 1.54) is 0 Å². The highest BCUT2D eigenvalue weighted by molar-refractivity contribution is 7.98. The molecule has 0 aliphatic rings. The number of aliphatic carboxylic acids is 1. The van der Waals surface area contributed by atoms with Crippen molar-refractivity contribution in [2.75, 3.05) is 12.0 Å². The van der Waals surface area contributed by atoms with Gasteiger partial charge in [-0.3, -0.25) is 4.79 Å². The van der Waals surface area contributed by atoms with Crippen molar-refractivity contribution in [1.29, 1.82) is 0 Å². The minimum Gasteiger partial charge on any atom is -0.480 e. The molecule has 5 heteroatoms. The Hall–Kier alpha value is -0.710. The molecular weight excluding hydrogens is 202 g/mol. The largest absolute Gasteiger partial charge is 0.480 e. The molecule has 1 atom stereocenters. The average molecular weight is 219 g/mol. The zero-order valence-corrected chi connectivity index (χ0v) is 9.39. The Morgan fingerprint density at radius 2 is 2.14 bits per heavy atom. The lowest BCUT2D eigenvalue weighted by Gasteiger charge is -2.11. The Bertz CT molecular complexity index is 196. The van der Waals surface area contributed by atoms with E-state index < -0.39 is 12.0 Å². The molecule has 0 fully saturated rings. The quantitative estimate of drug-likeness (QED) is 0.629. The molecule has 0 saturated carbocycles. The number of carbonyl (C=O) groups excluding carboxylic acids is 1. The highest BCUT2D eigenvalue weighted by Crippen LogP contribution is 2.00. The third-order valence-electron chi connectivity index (χ3n) is 1.79. The highest BCUT2D eigenvalue weighted by atomic mass is 32.2. The standard InChI is InChI=1S/C9H17NO3S/c1-3-7(9(12)13)10-8(11)5-4-6-14-2/h7H,3-6H2,1-2H3,(H,10,11)(H,12,13). The number of amides is 1. The number of hydrogen-bond donors (Lipinski definition) is 2. The minimum atomic E-state index is -0.967. The van der Waals surface area contributed by atoms with E-state index in [4.69, 9.17) is 5.11 Å². The van der Waals surface area contributed by atoms with E-state index >= 15 is 0 Å². The van der Waals surface area contributed by atoms with Crippen LogP contribution >= 0.6 is 11.8 Å². The van der Waals surface area contributed by atoms with E-state index in [-0.39, 0.29) is 5.91 Å². The maximum absolute atomic E-state index is 11.2. The van der Waals surface area contributed by atoms with Gasteiger partial charge in [-0.05, 0) is 24.9 Å². The number of thioether (sulfide) groups is 1. The lowest BCUT2D eigenvalue weighted by Crippen LogP contribution is -2.40. The third kappa shape index (κ3) is 5.85. The Labute approximate surface area is 88.4 Å². The smallest absolute Gasteiger partial charge is 0.326 e. The molecule has 0 aliphatic heterocycles. The van der Waals surface area contributed by atoms with Crippen LogP contribution in [0.2, 0.25) is 0 Å². The molecule has 0 radical (unpaired) electrons. The van der Waals surface area contributed by atoms with Crippen LogP contribution in [0, 0.1) is 0 Å². The maximum atomic E-state index is 11.2. The van der Waals surface area contributed by atoms with Crippen LogP contribution in [-0.2, 0) is 9.59 Å². The van der Waals surface area contributed by atoms with Crippen LogP contribution in [0.5, 0.6) is 0 Å². The lowest BCUT2D eigenvalue weighted by atomic mass is 10.2. The molecule has 0 aromatic carbocycles. The Morgan fingerprint density at radius 1 is 1.50 bits per heavy atom. The summed E-state index contributed by atoms with van der Waals surface area (Å²) in [4.78, 5) is 21.8. The van der Waals surface area contributed by atoms with Gasteiger partial charge in [0, 0.05) is 6.42 Å². The summed E-state index contributed by atoms with van der Waals surface area (Å²) in [5, 5.41) is 11.2. The molecular formula is C9H17NO3S. The zero-order chi connectivity index (χ0) is 11.0. The van der Waals surface area contributed by atoms with Gasteiger partial charge in [-0.2, -0.15) is 11.8 Å². The summed E-state index contributed by atoms with van der Waals surface area (Å²) < 4.78 is 0. The van der Waals surface area contributed by atoms with Crippen LogP contribution in [0.1, 0.15) is 26.2 Å². The number of rotatable bonds is 7. The van der Waals surface area contributed by atoms with Crippen molar-refractivity contribution < 1.29 is 14.7 Å². The van der Waals surface area contributed by atoms with Gasteiger partial charge in [0.15, 0.2) is 0 Å². The van der Waals surface area contributed by atoms with Crippen LogP contribution < -0.4 is 5.32 Å². The number of carbonyl (C=O) groups is 2. The first-order valence-electron chi connectivity index (χ1n) is 4.63.